The van der Waals surface area contributed by atoms with Crippen LogP contribution in [0, 0.1) is 0 Å². The van der Waals surface area contributed by atoms with E-state index in [4.69, 9.17) is 0 Å². The normalized spacial score (nSPS) is 15.9. The van der Waals surface area contributed by atoms with Gasteiger partial charge in [-0.2, -0.15) is 0 Å². The Morgan fingerprint density at radius 3 is 1.45 bits per heavy atom. The van der Waals surface area contributed by atoms with Gasteiger partial charge in [-0.3, -0.25) is 0 Å². The van der Waals surface area contributed by atoms with Gasteiger partial charge in [-0.1, -0.05) is 174 Å². The number of para-hydroxylation sites is 2. The topological polar surface area (TPSA) is 3.24 Å². The lowest BCUT2D eigenvalue weighted by molar-refractivity contribution is 0.800. The lowest BCUT2D eigenvalue weighted by Gasteiger charge is -2.30. The van der Waals surface area contributed by atoms with Crippen LogP contribution in [0.3, 0.4) is 0 Å². The third-order valence-electron chi connectivity index (χ3n) is 8.32. The number of nitrogens with zero attached hydrogens (tertiary/aromatic N) is 1. The van der Waals surface area contributed by atoms with Crippen molar-refractivity contribution < 1.29 is 0 Å². The molecule has 0 saturated carbocycles. The number of halogens is 1. The summed E-state index contributed by atoms with van der Waals surface area (Å²) < 4.78 is -0.170. The van der Waals surface area contributed by atoms with Crippen molar-refractivity contribution in [3.8, 4) is 22.3 Å². The maximum atomic E-state index is 4.00. The molecule has 1 aliphatic rings. The number of anilines is 3. The summed E-state index contributed by atoms with van der Waals surface area (Å²) in [6.45, 7) is 0. The van der Waals surface area contributed by atoms with Crippen molar-refractivity contribution in [1.82, 2.24) is 0 Å². The van der Waals surface area contributed by atoms with Crippen LogP contribution in [0.1, 0.15) is 17.5 Å². The largest absolute Gasteiger partial charge is 0.309 e. The van der Waals surface area contributed by atoms with E-state index in [2.05, 4.69) is 203 Å². The van der Waals surface area contributed by atoms with Gasteiger partial charge in [0.1, 0.15) is 0 Å². The molecule has 0 saturated heterocycles. The van der Waals surface area contributed by atoms with Crippen LogP contribution in [0.25, 0.3) is 27.8 Å². The summed E-state index contributed by atoms with van der Waals surface area (Å²) in [4.78, 5) is 2.40. The van der Waals surface area contributed by atoms with E-state index < -0.39 is 0 Å². The molecule has 0 amide bonds. The number of hydrogen-bond acceptors (Lipinski definition) is 1. The van der Waals surface area contributed by atoms with Gasteiger partial charge in [-0.05, 0) is 58.5 Å². The molecule has 1 aliphatic carbocycles. The summed E-state index contributed by atoms with van der Waals surface area (Å²) in [6, 6.07) is 58.3. The Morgan fingerprint density at radius 1 is 0.477 bits per heavy atom. The van der Waals surface area contributed by atoms with Crippen LogP contribution in [-0.2, 0) is 4.32 Å². The highest BCUT2D eigenvalue weighted by molar-refractivity contribution is 9.09. The molecule has 0 aromatic heterocycles. The van der Waals surface area contributed by atoms with Gasteiger partial charge in [0.25, 0.3) is 0 Å². The number of hydrogen-bond donors (Lipinski definition) is 0. The molecular weight excluding hydrogens is 598 g/mol. The maximum Gasteiger partial charge on any atom is 0.0723 e. The fraction of sp³-hybridized carbons (Fsp3) is 0.0476. The number of alkyl halides is 1. The molecule has 0 aliphatic heterocycles. The van der Waals surface area contributed by atoms with Gasteiger partial charge < -0.3 is 4.90 Å². The Labute approximate surface area is 268 Å². The average molecular weight is 631 g/mol. The Bertz CT molecular complexity index is 1840. The Kier molecular flexibility index (Phi) is 7.83. The predicted octanol–water partition coefficient (Wildman–Crippen LogP) is 12.1. The SMILES string of the molecule is BrC1(c2ccccc2)C=CC(c2ccc(N(c3ccccc3-c3ccccc3)c3ccccc3-c3ccccc3)cc2)=CC1. The van der Waals surface area contributed by atoms with Crippen molar-refractivity contribution in [3.05, 3.63) is 193 Å². The van der Waals surface area contributed by atoms with Crippen LogP contribution < -0.4 is 4.90 Å². The zero-order valence-corrected chi connectivity index (χ0v) is 25.9. The second-order valence-corrected chi connectivity index (χ2v) is 12.5. The highest BCUT2D eigenvalue weighted by atomic mass is 79.9. The third-order valence-corrected chi connectivity index (χ3v) is 9.36. The van der Waals surface area contributed by atoms with Crippen LogP contribution in [0.2, 0.25) is 0 Å². The molecule has 0 N–H and O–H groups in total. The van der Waals surface area contributed by atoms with Gasteiger partial charge in [0.15, 0.2) is 0 Å². The smallest absolute Gasteiger partial charge is 0.0723 e. The monoisotopic (exact) mass is 629 g/mol. The van der Waals surface area contributed by atoms with Gasteiger partial charge in [0, 0.05) is 16.8 Å². The van der Waals surface area contributed by atoms with E-state index in [9.17, 15) is 0 Å². The summed E-state index contributed by atoms with van der Waals surface area (Å²) in [6.07, 6.45) is 7.76. The first-order valence-electron chi connectivity index (χ1n) is 15.0. The van der Waals surface area contributed by atoms with Crippen LogP contribution in [0.4, 0.5) is 17.1 Å². The summed E-state index contributed by atoms with van der Waals surface area (Å²) in [5.41, 5.74) is 11.9. The van der Waals surface area contributed by atoms with Crippen molar-refractivity contribution in [1.29, 1.82) is 0 Å². The van der Waals surface area contributed by atoms with Crippen LogP contribution in [0.15, 0.2) is 182 Å². The second kappa shape index (κ2) is 12.4. The molecule has 0 fully saturated rings. The first-order valence-corrected chi connectivity index (χ1v) is 15.8. The number of rotatable bonds is 7. The molecule has 0 spiro atoms. The van der Waals surface area contributed by atoms with Gasteiger partial charge in [0.2, 0.25) is 0 Å². The molecular formula is C42H32BrN. The van der Waals surface area contributed by atoms with E-state index in [1.54, 1.807) is 0 Å². The fourth-order valence-electron chi connectivity index (χ4n) is 6.03. The van der Waals surface area contributed by atoms with Crippen molar-refractivity contribution >= 4 is 38.6 Å². The maximum absolute atomic E-state index is 4.00. The van der Waals surface area contributed by atoms with Crippen LogP contribution in [0.5, 0.6) is 0 Å². The minimum atomic E-state index is -0.170. The van der Waals surface area contributed by atoms with Crippen molar-refractivity contribution in [2.45, 2.75) is 10.7 Å². The molecule has 1 nitrogen and oxygen atoms in total. The molecule has 7 rings (SSSR count). The highest BCUT2D eigenvalue weighted by Crippen LogP contribution is 2.45. The van der Waals surface area contributed by atoms with Gasteiger partial charge in [-0.25, -0.2) is 0 Å². The minimum absolute atomic E-state index is 0.170. The molecule has 44 heavy (non-hydrogen) atoms. The lowest BCUT2D eigenvalue weighted by atomic mass is 9.88. The molecule has 0 radical (unpaired) electrons. The fourth-order valence-corrected chi connectivity index (χ4v) is 6.59. The molecule has 6 aromatic carbocycles. The third kappa shape index (κ3) is 5.57. The van der Waals surface area contributed by atoms with E-state index >= 15 is 0 Å². The Hall–Kier alpha value is -4.92. The van der Waals surface area contributed by atoms with Crippen molar-refractivity contribution in [2.24, 2.45) is 0 Å². The summed E-state index contributed by atoms with van der Waals surface area (Å²) in [5, 5.41) is 0. The molecule has 6 aromatic rings. The quantitative estimate of drug-likeness (QED) is 0.159. The summed E-state index contributed by atoms with van der Waals surface area (Å²) in [5.74, 6) is 0. The van der Waals surface area contributed by atoms with Gasteiger partial charge in [-0.15, -0.1) is 0 Å². The zero-order chi connectivity index (χ0) is 29.8. The van der Waals surface area contributed by atoms with E-state index in [1.165, 1.54) is 39.0 Å². The van der Waals surface area contributed by atoms with E-state index in [1.807, 2.05) is 0 Å². The molecule has 0 heterocycles. The Balaban J connectivity index is 1.31. The standard InChI is InChI=1S/C42H32BrN/c43-42(36-18-8-3-9-19-36)30-28-33(29-31-42)32-24-26-37(27-25-32)44(40-22-12-10-20-38(40)34-14-4-1-5-15-34)41-23-13-11-21-39(41)35-16-6-2-7-17-35/h1-30H,31H2. The number of allylic oxidation sites excluding steroid dienone is 4. The summed E-state index contributed by atoms with van der Waals surface area (Å²) in [7, 11) is 0. The van der Waals surface area contributed by atoms with Crippen LogP contribution >= 0.6 is 15.9 Å². The highest BCUT2D eigenvalue weighted by Gasteiger charge is 2.27. The molecule has 1 unspecified atom stereocenters. The molecule has 1 atom stereocenters. The molecule has 2 heteroatoms. The van der Waals surface area contributed by atoms with Gasteiger partial charge in [0.05, 0.1) is 15.7 Å². The average Bonchev–Trinajstić information content (AvgIpc) is 3.11. The second-order valence-electron chi connectivity index (χ2n) is 11.1. The van der Waals surface area contributed by atoms with E-state index in [-0.39, 0.29) is 4.32 Å². The van der Waals surface area contributed by atoms with E-state index in [0.717, 1.165) is 23.5 Å². The van der Waals surface area contributed by atoms with E-state index in [0.29, 0.717) is 0 Å². The summed E-state index contributed by atoms with van der Waals surface area (Å²) >= 11 is 4.00. The van der Waals surface area contributed by atoms with Crippen molar-refractivity contribution in [2.75, 3.05) is 4.90 Å². The molecule has 0 bridgehead atoms. The molecule has 212 valence electrons. The minimum Gasteiger partial charge on any atom is -0.309 e. The Morgan fingerprint density at radius 2 is 0.955 bits per heavy atom. The van der Waals surface area contributed by atoms with Crippen LogP contribution in [-0.4, -0.2) is 0 Å². The lowest BCUT2D eigenvalue weighted by Crippen LogP contribution is -2.16. The van der Waals surface area contributed by atoms with Gasteiger partial charge >= 0.3 is 0 Å². The number of benzene rings is 6. The predicted molar refractivity (Wildman–Crippen MR) is 191 cm³/mol. The zero-order valence-electron chi connectivity index (χ0n) is 24.4. The first-order chi connectivity index (χ1) is 21.7. The first kappa shape index (κ1) is 27.9. The van der Waals surface area contributed by atoms with Crippen molar-refractivity contribution in [3.63, 3.8) is 0 Å².